The predicted octanol–water partition coefficient (Wildman–Crippen LogP) is 0.706. The van der Waals surface area contributed by atoms with Crippen molar-refractivity contribution in [2.75, 3.05) is 6.54 Å². The molecule has 1 rings (SSSR count). The summed E-state index contributed by atoms with van der Waals surface area (Å²) in [6.07, 6.45) is 1.36. The van der Waals surface area contributed by atoms with E-state index in [1.54, 1.807) is 13.0 Å². The molecule has 0 aromatic carbocycles. The number of amides is 1. The van der Waals surface area contributed by atoms with Crippen LogP contribution >= 0.6 is 0 Å². The first-order chi connectivity index (χ1) is 7.27. The molecular weight excluding hydrogens is 190 g/mol. The van der Waals surface area contributed by atoms with Crippen LogP contribution in [0.2, 0.25) is 0 Å². The third-order valence-corrected chi connectivity index (χ3v) is 1.64. The number of nitriles is 1. The van der Waals surface area contributed by atoms with E-state index >= 15 is 0 Å². The summed E-state index contributed by atoms with van der Waals surface area (Å²) in [5.41, 5.74) is 0.715. The summed E-state index contributed by atoms with van der Waals surface area (Å²) in [6, 6.07) is 4.99. The average Bonchev–Trinajstić information content (AvgIpc) is 2.29. The minimum Gasteiger partial charge on any atom is -0.340 e. The molecule has 0 radical (unpaired) electrons. The number of carbonyl (C=O) groups is 1. The largest absolute Gasteiger partial charge is 0.340 e. The molecular formula is C11H9N3O. The van der Waals surface area contributed by atoms with E-state index in [1.807, 2.05) is 6.07 Å². The fourth-order valence-corrected chi connectivity index (χ4v) is 0.898. The second-order valence-electron chi connectivity index (χ2n) is 2.65. The quantitative estimate of drug-likeness (QED) is 0.713. The van der Waals surface area contributed by atoms with E-state index in [4.69, 9.17) is 5.26 Å². The number of aromatic nitrogens is 1. The lowest BCUT2D eigenvalue weighted by Crippen LogP contribution is -2.24. The van der Waals surface area contributed by atoms with Crippen molar-refractivity contribution in [3.63, 3.8) is 0 Å². The second kappa shape index (κ2) is 5.41. The van der Waals surface area contributed by atoms with Gasteiger partial charge in [-0.3, -0.25) is 4.79 Å². The Morgan fingerprint density at radius 1 is 1.60 bits per heavy atom. The minimum atomic E-state index is -0.290. The van der Waals surface area contributed by atoms with Gasteiger partial charge in [0, 0.05) is 6.20 Å². The third-order valence-electron chi connectivity index (χ3n) is 1.64. The Morgan fingerprint density at radius 3 is 2.93 bits per heavy atom. The number of nitrogens with zero attached hydrogens (tertiary/aromatic N) is 2. The topological polar surface area (TPSA) is 65.8 Å². The summed E-state index contributed by atoms with van der Waals surface area (Å²) in [4.78, 5) is 15.2. The maximum absolute atomic E-state index is 11.4. The van der Waals surface area contributed by atoms with Gasteiger partial charge in [0.05, 0.1) is 12.1 Å². The average molecular weight is 199 g/mol. The smallest absolute Gasteiger partial charge is 0.270 e. The van der Waals surface area contributed by atoms with Crippen LogP contribution in [0.3, 0.4) is 0 Å². The monoisotopic (exact) mass is 199 g/mol. The van der Waals surface area contributed by atoms with Crippen molar-refractivity contribution >= 4 is 5.91 Å². The van der Waals surface area contributed by atoms with Crippen LogP contribution in [0.1, 0.15) is 23.0 Å². The Hall–Kier alpha value is -2.33. The standard InChI is InChI=1S/C11H9N3O/c1-2-3-6-13-11(15)10-5-4-9(7-12)8-14-10/h4-5,8H,6H2,1H3,(H,13,15). The fraction of sp³-hybridized carbons (Fsp3) is 0.182. The zero-order chi connectivity index (χ0) is 11.1. The second-order valence-corrected chi connectivity index (χ2v) is 2.65. The molecule has 0 aliphatic rings. The molecule has 0 atom stereocenters. The number of nitrogens with one attached hydrogen (secondary N) is 1. The molecule has 4 heteroatoms. The van der Waals surface area contributed by atoms with Gasteiger partial charge in [0.2, 0.25) is 0 Å². The van der Waals surface area contributed by atoms with Gasteiger partial charge in [0.25, 0.3) is 5.91 Å². The summed E-state index contributed by atoms with van der Waals surface area (Å²) in [5, 5.41) is 11.1. The Balaban J connectivity index is 2.65. The van der Waals surface area contributed by atoms with Crippen LogP contribution in [0, 0.1) is 23.2 Å². The molecule has 0 unspecified atom stereocenters. The molecule has 1 aromatic rings. The number of hydrogen-bond donors (Lipinski definition) is 1. The molecule has 0 fully saturated rings. The van der Waals surface area contributed by atoms with Crippen molar-refractivity contribution in [2.24, 2.45) is 0 Å². The lowest BCUT2D eigenvalue weighted by atomic mass is 10.2. The number of pyridine rings is 1. The van der Waals surface area contributed by atoms with Crippen LogP contribution in [0.25, 0.3) is 0 Å². The Labute approximate surface area is 87.9 Å². The third kappa shape index (κ3) is 3.13. The van der Waals surface area contributed by atoms with Crippen molar-refractivity contribution < 1.29 is 4.79 Å². The van der Waals surface area contributed by atoms with Gasteiger partial charge >= 0.3 is 0 Å². The lowest BCUT2D eigenvalue weighted by Gasteiger charge is -1.99. The molecule has 0 spiro atoms. The van der Waals surface area contributed by atoms with Gasteiger partial charge in [-0.25, -0.2) is 4.98 Å². The van der Waals surface area contributed by atoms with Crippen molar-refractivity contribution in [3.05, 3.63) is 29.6 Å². The van der Waals surface area contributed by atoms with Crippen molar-refractivity contribution in [1.82, 2.24) is 10.3 Å². The Kier molecular flexibility index (Phi) is 3.88. The van der Waals surface area contributed by atoms with E-state index in [1.165, 1.54) is 12.3 Å². The van der Waals surface area contributed by atoms with E-state index in [0.29, 0.717) is 12.1 Å². The Morgan fingerprint density at radius 2 is 2.40 bits per heavy atom. The van der Waals surface area contributed by atoms with Gasteiger partial charge in [0.15, 0.2) is 0 Å². The Bertz CT molecular complexity index is 445. The van der Waals surface area contributed by atoms with Gasteiger partial charge in [0.1, 0.15) is 11.8 Å². The zero-order valence-corrected chi connectivity index (χ0v) is 8.24. The first-order valence-electron chi connectivity index (χ1n) is 4.32. The summed E-state index contributed by atoms with van der Waals surface area (Å²) in [7, 11) is 0. The summed E-state index contributed by atoms with van der Waals surface area (Å²) < 4.78 is 0. The summed E-state index contributed by atoms with van der Waals surface area (Å²) in [5.74, 6) is 5.08. The molecule has 1 N–H and O–H groups in total. The molecule has 4 nitrogen and oxygen atoms in total. The highest BCUT2D eigenvalue weighted by Crippen LogP contribution is 1.98. The molecule has 15 heavy (non-hydrogen) atoms. The molecule has 0 aliphatic heterocycles. The highest BCUT2D eigenvalue weighted by Gasteiger charge is 2.04. The highest BCUT2D eigenvalue weighted by molar-refractivity contribution is 5.92. The first-order valence-corrected chi connectivity index (χ1v) is 4.32. The minimum absolute atomic E-state index is 0.284. The van der Waals surface area contributed by atoms with Crippen LogP contribution in [0.4, 0.5) is 0 Å². The van der Waals surface area contributed by atoms with Gasteiger partial charge < -0.3 is 5.32 Å². The van der Waals surface area contributed by atoms with Gasteiger partial charge in [-0.2, -0.15) is 5.26 Å². The molecule has 0 bridgehead atoms. The normalized spacial score (nSPS) is 8.27. The first kappa shape index (κ1) is 10.7. The molecule has 1 heterocycles. The van der Waals surface area contributed by atoms with Gasteiger partial charge in [-0.1, -0.05) is 5.92 Å². The maximum Gasteiger partial charge on any atom is 0.270 e. The summed E-state index contributed by atoms with van der Waals surface area (Å²) >= 11 is 0. The van der Waals surface area contributed by atoms with Crippen LogP contribution in [-0.2, 0) is 0 Å². The molecule has 1 amide bonds. The van der Waals surface area contributed by atoms with Crippen LogP contribution < -0.4 is 5.32 Å². The number of hydrogen-bond acceptors (Lipinski definition) is 3. The predicted molar refractivity (Wildman–Crippen MR) is 54.7 cm³/mol. The molecule has 0 saturated carbocycles. The molecule has 0 aliphatic carbocycles. The number of rotatable bonds is 2. The van der Waals surface area contributed by atoms with Gasteiger partial charge in [-0.05, 0) is 19.1 Å². The van der Waals surface area contributed by atoms with Crippen LogP contribution in [-0.4, -0.2) is 17.4 Å². The SMILES string of the molecule is CC#CCNC(=O)c1ccc(C#N)cn1. The zero-order valence-electron chi connectivity index (χ0n) is 8.24. The van der Waals surface area contributed by atoms with Gasteiger partial charge in [-0.15, -0.1) is 5.92 Å². The molecule has 1 aromatic heterocycles. The van der Waals surface area contributed by atoms with E-state index in [9.17, 15) is 4.79 Å². The van der Waals surface area contributed by atoms with Crippen molar-refractivity contribution in [2.45, 2.75) is 6.92 Å². The highest BCUT2D eigenvalue weighted by atomic mass is 16.1. The fourth-order valence-electron chi connectivity index (χ4n) is 0.898. The lowest BCUT2D eigenvalue weighted by molar-refractivity contribution is 0.0954. The van der Waals surface area contributed by atoms with E-state index < -0.39 is 0 Å². The van der Waals surface area contributed by atoms with Crippen molar-refractivity contribution in [1.29, 1.82) is 5.26 Å². The summed E-state index contributed by atoms with van der Waals surface area (Å²) in [6.45, 7) is 2.00. The van der Waals surface area contributed by atoms with E-state index in [-0.39, 0.29) is 11.6 Å². The van der Waals surface area contributed by atoms with Crippen LogP contribution in [0.5, 0.6) is 0 Å². The molecule has 0 saturated heterocycles. The van der Waals surface area contributed by atoms with Crippen molar-refractivity contribution in [3.8, 4) is 17.9 Å². The number of carbonyl (C=O) groups excluding carboxylic acids is 1. The molecule has 74 valence electrons. The van der Waals surface area contributed by atoms with Crippen LogP contribution in [0.15, 0.2) is 18.3 Å². The maximum atomic E-state index is 11.4. The van der Waals surface area contributed by atoms with E-state index in [2.05, 4.69) is 22.1 Å². The van der Waals surface area contributed by atoms with E-state index in [0.717, 1.165) is 0 Å².